The molecule has 5 nitrogen and oxygen atoms in total. The zero-order valence-electron chi connectivity index (χ0n) is 11.8. The van der Waals surface area contributed by atoms with Gasteiger partial charge in [-0.1, -0.05) is 13.8 Å². The lowest BCUT2D eigenvalue weighted by Crippen LogP contribution is -2.37. The maximum absolute atomic E-state index is 11.7. The van der Waals surface area contributed by atoms with E-state index >= 15 is 0 Å². The van der Waals surface area contributed by atoms with Gasteiger partial charge in [-0.2, -0.15) is 0 Å². The van der Waals surface area contributed by atoms with Gasteiger partial charge in [-0.15, -0.1) is 0 Å². The third-order valence-electron chi connectivity index (χ3n) is 2.33. The van der Waals surface area contributed by atoms with Crippen LogP contribution >= 0.6 is 0 Å². The van der Waals surface area contributed by atoms with Crippen molar-refractivity contribution in [2.24, 2.45) is 5.92 Å². The first-order chi connectivity index (χ1) is 9.02. The Balaban J connectivity index is 2.40. The first-order valence-electron chi connectivity index (χ1n) is 6.25. The van der Waals surface area contributed by atoms with E-state index in [0.717, 1.165) is 5.75 Å². The van der Waals surface area contributed by atoms with E-state index in [2.05, 4.69) is 5.48 Å². The minimum atomic E-state index is -0.624. The minimum absolute atomic E-state index is 0.309. The molecule has 1 unspecified atom stereocenters. The second-order valence-electron chi connectivity index (χ2n) is 4.61. The highest BCUT2D eigenvalue weighted by Crippen LogP contribution is 2.18. The first-order valence-corrected chi connectivity index (χ1v) is 6.25. The summed E-state index contributed by atoms with van der Waals surface area (Å²) in [4.78, 5) is 16.7. The molecule has 1 amide bonds. The molecular weight excluding hydrogens is 246 g/mol. The molecule has 0 spiro atoms. The number of hydrogen-bond acceptors (Lipinski definition) is 4. The molecule has 0 aliphatic heterocycles. The number of methoxy groups -OCH3 is 1. The number of carbonyl (C=O) groups is 1. The number of rotatable bonds is 7. The second kappa shape index (κ2) is 7.63. The molecule has 1 aromatic carbocycles. The predicted molar refractivity (Wildman–Crippen MR) is 72.0 cm³/mol. The minimum Gasteiger partial charge on any atom is -0.497 e. The highest BCUT2D eigenvalue weighted by atomic mass is 16.7. The molecule has 0 heterocycles. The van der Waals surface area contributed by atoms with Crippen molar-refractivity contribution in [3.8, 4) is 11.5 Å². The molecule has 0 saturated carbocycles. The number of amides is 1. The van der Waals surface area contributed by atoms with Crippen molar-refractivity contribution in [1.82, 2.24) is 5.48 Å². The van der Waals surface area contributed by atoms with Gasteiger partial charge in [0.2, 0.25) is 0 Å². The Morgan fingerprint density at radius 2 is 1.74 bits per heavy atom. The van der Waals surface area contributed by atoms with Crippen molar-refractivity contribution in [2.75, 3.05) is 13.7 Å². The van der Waals surface area contributed by atoms with Crippen LogP contribution < -0.4 is 15.0 Å². The Morgan fingerprint density at radius 3 is 2.26 bits per heavy atom. The summed E-state index contributed by atoms with van der Waals surface area (Å²) in [7, 11) is 1.60. The van der Waals surface area contributed by atoms with E-state index in [-0.39, 0.29) is 5.91 Å². The number of hydroxylamine groups is 1. The number of hydrogen-bond donors (Lipinski definition) is 1. The third-order valence-corrected chi connectivity index (χ3v) is 2.33. The van der Waals surface area contributed by atoms with Gasteiger partial charge in [0.25, 0.3) is 5.91 Å². The molecule has 1 N–H and O–H groups in total. The molecule has 1 atom stereocenters. The molecular formula is C14H21NO4. The third kappa shape index (κ3) is 5.61. The van der Waals surface area contributed by atoms with Gasteiger partial charge in [0.05, 0.1) is 13.7 Å². The summed E-state index contributed by atoms with van der Waals surface area (Å²) >= 11 is 0. The Hall–Kier alpha value is -1.75. The number of ether oxygens (including phenoxy) is 2. The molecule has 0 aliphatic rings. The summed E-state index contributed by atoms with van der Waals surface area (Å²) in [6, 6.07) is 7.04. The average Bonchev–Trinajstić information content (AvgIpc) is 2.39. The lowest BCUT2D eigenvalue weighted by atomic mass is 10.2. The van der Waals surface area contributed by atoms with E-state index in [4.69, 9.17) is 14.3 Å². The molecule has 0 radical (unpaired) electrons. The van der Waals surface area contributed by atoms with Crippen LogP contribution in [-0.4, -0.2) is 25.7 Å². The lowest BCUT2D eigenvalue weighted by Gasteiger charge is -2.15. The number of carbonyl (C=O) groups excluding carboxylic acids is 1. The van der Waals surface area contributed by atoms with Crippen LogP contribution in [-0.2, 0) is 9.63 Å². The fraction of sp³-hybridized carbons (Fsp3) is 0.500. The highest BCUT2D eigenvalue weighted by molar-refractivity contribution is 5.79. The number of nitrogens with one attached hydrogen (secondary N) is 1. The van der Waals surface area contributed by atoms with Gasteiger partial charge in [-0.3, -0.25) is 9.63 Å². The monoisotopic (exact) mass is 267 g/mol. The molecule has 1 aromatic rings. The van der Waals surface area contributed by atoms with Crippen molar-refractivity contribution < 1.29 is 19.1 Å². The summed E-state index contributed by atoms with van der Waals surface area (Å²) < 4.78 is 10.5. The summed E-state index contributed by atoms with van der Waals surface area (Å²) in [5.74, 6) is 1.40. The highest BCUT2D eigenvalue weighted by Gasteiger charge is 2.14. The largest absolute Gasteiger partial charge is 0.497 e. The molecule has 106 valence electrons. The van der Waals surface area contributed by atoms with Crippen molar-refractivity contribution in [2.45, 2.75) is 26.9 Å². The van der Waals surface area contributed by atoms with E-state index in [1.165, 1.54) is 0 Å². The van der Waals surface area contributed by atoms with Crippen LogP contribution in [0.15, 0.2) is 24.3 Å². The quantitative estimate of drug-likeness (QED) is 0.769. The Labute approximate surface area is 113 Å². The Bertz CT molecular complexity index is 389. The van der Waals surface area contributed by atoms with Gasteiger partial charge in [-0.05, 0) is 37.1 Å². The van der Waals surface area contributed by atoms with Gasteiger partial charge < -0.3 is 9.47 Å². The van der Waals surface area contributed by atoms with E-state index in [9.17, 15) is 4.79 Å². The van der Waals surface area contributed by atoms with Crippen LogP contribution in [0.4, 0.5) is 0 Å². The van der Waals surface area contributed by atoms with E-state index in [0.29, 0.717) is 18.3 Å². The predicted octanol–water partition coefficient (Wildman–Crippen LogP) is 2.17. The molecule has 19 heavy (non-hydrogen) atoms. The molecule has 5 heteroatoms. The zero-order valence-corrected chi connectivity index (χ0v) is 11.8. The van der Waals surface area contributed by atoms with E-state index < -0.39 is 6.10 Å². The van der Waals surface area contributed by atoms with Gasteiger partial charge in [0.1, 0.15) is 11.5 Å². The fourth-order valence-electron chi connectivity index (χ4n) is 1.27. The maximum Gasteiger partial charge on any atom is 0.284 e. The van der Waals surface area contributed by atoms with Crippen molar-refractivity contribution in [3.63, 3.8) is 0 Å². The van der Waals surface area contributed by atoms with E-state index in [1.807, 2.05) is 13.8 Å². The summed E-state index contributed by atoms with van der Waals surface area (Å²) in [5.41, 5.74) is 2.37. The van der Waals surface area contributed by atoms with Crippen molar-refractivity contribution in [1.29, 1.82) is 0 Å². The molecule has 0 aliphatic carbocycles. The lowest BCUT2D eigenvalue weighted by molar-refractivity contribution is -0.140. The van der Waals surface area contributed by atoms with Crippen molar-refractivity contribution in [3.05, 3.63) is 24.3 Å². The van der Waals surface area contributed by atoms with Crippen LogP contribution in [0.1, 0.15) is 20.8 Å². The normalized spacial score (nSPS) is 12.1. The Kier molecular flexibility index (Phi) is 6.15. The molecule has 0 saturated heterocycles. The van der Waals surface area contributed by atoms with Gasteiger partial charge >= 0.3 is 0 Å². The van der Waals surface area contributed by atoms with Crippen LogP contribution in [0.3, 0.4) is 0 Å². The topological polar surface area (TPSA) is 56.8 Å². The summed E-state index contributed by atoms with van der Waals surface area (Å²) in [5, 5.41) is 0. The van der Waals surface area contributed by atoms with Crippen molar-refractivity contribution >= 4 is 5.91 Å². The van der Waals surface area contributed by atoms with Crippen LogP contribution in [0.2, 0.25) is 0 Å². The van der Waals surface area contributed by atoms with Crippen LogP contribution in [0, 0.1) is 5.92 Å². The molecule has 0 aromatic heterocycles. The van der Waals surface area contributed by atoms with Crippen LogP contribution in [0.25, 0.3) is 0 Å². The molecule has 0 bridgehead atoms. The maximum atomic E-state index is 11.7. The average molecular weight is 267 g/mol. The fourth-order valence-corrected chi connectivity index (χ4v) is 1.27. The van der Waals surface area contributed by atoms with E-state index in [1.54, 1.807) is 38.3 Å². The summed E-state index contributed by atoms with van der Waals surface area (Å²) in [6.07, 6.45) is -0.624. The SMILES string of the molecule is COc1ccc(OC(C)C(=O)NOCC(C)C)cc1. The summed E-state index contributed by atoms with van der Waals surface area (Å²) in [6.45, 7) is 6.15. The van der Waals surface area contributed by atoms with Gasteiger partial charge in [0, 0.05) is 0 Å². The Morgan fingerprint density at radius 1 is 1.16 bits per heavy atom. The van der Waals surface area contributed by atoms with Gasteiger partial charge in [0.15, 0.2) is 6.10 Å². The first kappa shape index (κ1) is 15.3. The van der Waals surface area contributed by atoms with Gasteiger partial charge in [-0.25, -0.2) is 5.48 Å². The smallest absolute Gasteiger partial charge is 0.284 e. The second-order valence-corrected chi connectivity index (χ2v) is 4.61. The van der Waals surface area contributed by atoms with Crippen LogP contribution in [0.5, 0.6) is 11.5 Å². The molecule has 0 fully saturated rings. The standard InChI is InChI=1S/C14H21NO4/c1-10(2)9-18-15-14(16)11(3)19-13-7-5-12(17-4)6-8-13/h5-8,10-11H,9H2,1-4H3,(H,15,16). The molecule has 1 rings (SSSR count). The number of benzene rings is 1. The zero-order chi connectivity index (χ0) is 14.3.